The molecule has 1 fully saturated rings. The Morgan fingerprint density at radius 3 is 2.60 bits per heavy atom. The summed E-state index contributed by atoms with van der Waals surface area (Å²) >= 11 is 5.91. The summed E-state index contributed by atoms with van der Waals surface area (Å²) in [5.74, 6) is -0.486. The van der Waals surface area contributed by atoms with Crippen molar-refractivity contribution in [3.05, 3.63) is 41.0 Å². The molecule has 1 aliphatic rings. The molecule has 0 aliphatic carbocycles. The summed E-state index contributed by atoms with van der Waals surface area (Å²) < 4.78 is 0. The Labute approximate surface area is 150 Å². The molecule has 1 saturated heterocycles. The van der Waals surface area contributed by atoms with E-state index in [0.29, 0.717) is 16.3 Å². The first-order chi connectivity index (χ1) is 12.0. The van der Waals surface area contributed by atoms with Gasteiger partial charge >= 0.3 is 0 Å². The molecule has 2 aromatic rings. The van der Waals surface area contributed by atoms with Crippen molar-refractivity contribution in [2.75, 3.05) is 19.6 Å². The van der Waals surface area contributed by atoms with Crippen LogP contribution in [0, 0.1) is 0 Å². The Kier molecular flexibility index (Phi) is 5.35. The Morgan fingerprint density at radius 1 is 1.28 bits per heavy atom. The van der Waals surface area contributed by atoms with E-state index in [9.17, 15) is 9.59 Å². The van der Waals surface area contributed by atoms with Crippen molar-refractivity contribution < 1.29 is 9.59 Å². The summed E-state index contributed by atoms with van der Waals surface area (Å²) in [5.41, 5.74) is 7.23. The number of halogens is 1. The summed E-state index contributed by atoms with van der Waals surface area (Å²) in [6, 6.07) is 7.30. The second-order valence-corrected chi connectivity index (χ2v) is 6.59. The monoisotopic (exact) mass is 361 g/mol. The van der Waals surface area contributed by atoms with Gasteiger partial charge in [-0.1, -0.05) is 23.7 Å². The van der Waals surface area contributed by atoms with Gasteiger partial charge in [0.1, 0.15) is 0 Å². The third-order valence-corrected chi connectivity index (χ3v) is 4.57. The van der Waals surface area contributed by atoms with Crippen LogP contribution in [0.2, 0.25) is 5.02 Å². The van der Waals surface area contributed by atoms with Gasteiger partial charge in [-0.3, -0.25) is 19.6 Å². The van der Waals surface area contributed by atoms with E-state index < -0.39 is 0 Å². The predicted octanol–water partition coefficient (Wildman–Crippen LogP) is 1.41. The average Bonchev–Trinajstić information content (AvgIpc) is 3.06. The molecule has 7 nitrogen and oxygen atoms in total. The SMILES string of the molecule is NC(=O)CN1CCC(NC(=O)c2cn[nH]c2-c2ccc(Cl)cc2)CC1. The topological polar surface area (TPSA) is 104 Å². The van der Waals surface area contributed by atoms with Crippen LogP contribution in [0.3, 0.4) is 0 Å². The summed E-state index contributed by atoms with van der Waals surface area (Å²) in [6.45, 7) is 1.75. The first-order valence-electron chi connectivity index (χ1n) is 8.14. The number of primary amides is 1. The molecule has 25 heavy (non-hydrogen) atoms. The maximum absolute atomic E-state index is 12.6. The van der Waals surface area contributed by atoms with Gasteiger partial charge in [0.2, 0.25) is 5.91 Å². The number of hydrogen-bond donors (Lipinski definition) is 3. The van der Waals surface area contributed by atoms with Gasteiger partial charge in [-0.25, -0.2) is 0 Å². The molecule has 1 aliphatic heterocycles. The molecule has 0 unspecified atom stereocenters. The maximum atomic E-state index is 12.6. The highest BCUT2D eigenvalue weighted by atomic mass is 35.5. The second kappa shape index (κ2) is 7.67. The van der Waals surface area contributed by atoms with Gasteiger partial charge in [-0.15, -0.1) is 0 Å². The van der Waals surface area contributed by atoms with Gasteiger partial charge in [-0.2, -0.15) is 5.10 Å². The van der Waals surface area contributed by atoms with Crippen LogP contribution in [0.15, 0.2) is 30.5 Å². The third-order valence-electron chi connectivity index (χ3n) is 4.32. The van der Waals surface area contributed by atoms with E-state index in [-0.39, 0.29) is 24.4 Å². The van der Waals surface area contributed by atoms with Crippen molar-refractivity contribution in [2.24, 2.45) is 5.73 Å². The van der Waals surface area contributed by atoms with E-state index in [0.717, 1.165) is 31.5 Å². The highest BCUT2D eigenvalue weighted by Crippen LogP contribution is 2.23. The van der Waals surface area contributed by atoms with Crippen LogP contribution >= 0.6 is 11.6 Å². The molecule has 0 atom stereocenters. The lowest BCUT2D eigenvalue weighted by Gasteiger charge is -2.31. The van der Waals surface area contributed by atoms with E-state index in [1.807, 2.05) is 17.0 Å². The number of amides is 2. The number of nitrogens with zero attached hydrogens (tertiary/aromatic N) is 2. The molecule has 0 saturated carbocycles. The van der Waals surface area contributed by atoms with Gasteiger partial charge < -0.3 is 11.1 Å². The largest absolute Gasteiger partial charge is 0.369 e. The van der Waals surface area contributed by atoms with Crippen molar-refractivity contribution in [1.82, 2.24) is 20.4 Å². The molecule has 2 heterocycles. The molecule has 1 aromatic heterocycles. The van der Waals surface area contributed by atoms with Crippen molar-refractivity contribution in [2.45, 2.75) is 18.9 Å². The van der Waals surface area contributed by atoms with Gasteiger partial charge in [-0.05, 0) is 25.0 Å². The van der Waals surface area contributed by atoms with Crippen LogP contribution in [0.1, 0.15) is 23.2 Å². The molecular formula is C17H20ClN5O2. The van der Waals surface area contributed by atoms with Crippen LogP contribution in [0.4, 0.5) is 0 Å². The number of likely N-dealkylation sites (tertiary alicyclic amines) is 1. The quantitative estimate of drug-likeness (QED) is 0.748. The van der Waals surface area contributed by atoms with Gasteiger partial charge in [0.05, 0.1) is 24.0 Å². The smallest absolute Gasteiger partial charge is 0.255 e. The van der Waals surface area contributed by atoms with E-state index in [4.69, 9.17) is 17.3 Å². The normalized spacial score (nSPS) is 15.9. The fourth-order valence-electron chi connectivity index (χ4n) is 3.01. The van der Waals surface area contributed by atoms with Gasteiger partial charge in [0, 0.05) is 29.7 Å². The van der Waals surface area contributed by atoms with Crippen molar-refractivity contribution >= 4 is 23.4 Å². The average molecular weight is 362 g/mol. The summed E-state index contributed by atoms with van der Waals surface area (Å²) in [6.07, 6.45) is 3.10. The van der Waals surface area contributed by atoms with Crippen LogP contribution in [0.5, 0.6) is 0 Å². The summed E-state index contributed by atoms with van der Waals surface area (Å²) in [4.78, 5) is 25.6. The molecule has 3 rings (SSSR count). The third kappa shape index (κ3) is 4.37. The predicted molar refractivity (Wildman–Crippen MR) is 95.2 cm³/mol. The highest BCUT2D eigenvalue weighted by Gasteiger charge is 2.23. The minimum Gasteiger partial charge on any atom is -0.369 e. The number of piperidine rings is 1. The fourth-order valence-corrected chi connectivity index (χ4v) is 3.14. The molecule has 8 heteroatoms. The number of carbonyl (C=O) groups is 2. The zero-order chi connectivity index (χ0) is 17.8. The standard InChI is InChI=1S/C17H20ClN5O2/c18-12-3-1-11(2-4-12)16-14(9-20-22-16)17(25)21-13-5-7-23(8-6-13)10-15(19)24/h1-4,9,13H,5-8,10H2,(H2,19,24)(H,20,22)(H,21,25). The second-order valence-electron chi connectivity index (χ2n) is 6.16. The number of rotatable bonds is 5. The molecule has 0 spiro atoms. The van der Waals surface area contributed by atoms with Crippen molar-refractivity contribution in [1.29, 1.82) is 0 Å². The molecule has 1 aromatic carbocycles. The van der Waals surface area contributed by atoms with Crippen LogP contribution in [-0.4, -0.2) is 52.6 Å². The Balaban J connectivity index is 1.62. The molecule has 2 amide bonds. The van der Waals surface area contributed by atoms with E-state index in [2.05, 4.69) is 15.5 Å². The molecule has 0 bridgehead atoms. The number of nitrogens with two attached hydrogens (primary N) is 1. The van der Waals surface area contributed by atoms with Gasteiger partial charge in [0.15, 0.2) is 0 Å². The minimum absolute atomic E-state index is 0.0737. The number of hydrogen-bond acceptors (Lipinski definition) is 4. The zero-order valence-electron chi connectivity index (χ0n) is 13.7. The summed E-state index contributed by atoms with van der Waals surface area (Å²) in [5, 5.41) is 10.6. The number of nitrogens with one attached hydrogen (secondary N) is 2. The Bertz CT molecular complexity index is 751. The van der Waals surface area contributed by atoms with Gasteiger partial charge in [0.25, 0.3) is 5.91 Å². The van der Waals surface area contributed by atoms with Crippen LogP contribution in [-0.2, 0) is 4.79 Å². The van der Waals surface area contributed by atoms with E-state index in [1.54, 1.807) is 12.1 Å². The lowest BCUT2D eigenvalue weighted by molar-refractivity contribution is -0.119. The highest BCUT2D eigenvalue weighted by molar-refractivity contribution is 6.30. The first-order valence-corrected chi connectivity index (χ1v) is 8.51. The van der Waals surface area contributed by atoms with E-state index >= 15 is 0 Å². The van der Waals surface area contributed by atoms with E-state index in [1.165, 1.54) is 6.20 Å². The molecule has 132 valence electrons. The summed E-state index contributed by atoms with van der Waals surface area (Å²) in [7, 11) is 0. The minimum atomic E-state index is -0.325. The van der Waals surface area contributed by atoms with Crippen LogP contribution < -0.4 is 11.1 Å². The fraction of sp³-hybridized carbons (Fsp3) is 0.353. The van der Waals surface area contributed by atoms with Crippen molar-refractivity contribution in [3.8, 4) is 11.3 Å². The maximum Gasteiger partial charge on any atom is 0.255 e. The molecular weight excluding hydrogens is 342 g/mol. The first kappa shape index (κ1) is 17.4. The number of benzene rings is 1. The van der Waals surface area contributed by atoms with Crippen LogP contribution in [0.25, 0.3) is 11.3 Å². The number of H-pyrrole nitrogens is 1. The number of carbonyl (C=O) groups excluding carboxylic acids is 2. The zero-order valence-corrected chi connectivity index (χ0v) is 14.4. The Morgan fingerprint density at radius 2 is 1.96 bits per heavy atom. The Hall–Kier alpha value is -2.38. The lowest BCUT2D eigenvalue weighted by Crippen LogP contribution is -2.46. The molecule has 0 radical (unpaired) electrons. The van der Waals surface area contributed by atoms with Crippen molar-refractivity contribution in [3.63, 3.8) is 0 Å². The number of aromatic nitrogens is 2. The number of aromatic amines is 1. The lowest BCUT2D eigenvalue weighted by atomic mass is 10.0. The molecule has 4 N–H and O–H groups in total.